The maximum Gasteiger partial charge on any atom is 0.269 e. The molecule has 2 aromatic carbocycles. The highest BCUT2D eigenvalue weighted by Gasteiger charge is 2.17. The van der Waals surface area contributed by atoms with Crippen molar-refractivity contribution in [3.8, 4) is 11.4 Å². The normalized spacial score (nSPS) is 15.7. The molecule has 13 nitrogen and oxygen atoms in total. The molecule has 280 valence electrons. The van der Waals surface area contributed by atoms with Gasteiger partial charge in [-0.15, -0.1) is 10.2 Å². The van der Waals surface area contributed by atoms with Gasteiger partial charge in [-0.1, -0.05) is 12.1 Å². The van der Waals surface area contributed by atoms with E-state index in [0.29, 0.717) is 12.0 Å². The highest BCUT2D eigenvalue weighted by atomic mass is 16.7. The summed E-state index contributed by atoms with van der Waals surface area (Å²) in [6.45, 7) is 7.07. The van der Waals surface area contributed by atoms with Crippen LogP contribution in [-0.2, 0) is 32.4 Å². The molecule has 2 aliphatic rings. The van der Waals surface area contributed by atoms with Crippen molar-refractivity contribution in [1.29, 1.82) is 0 Å². The van der Waals surface area contributed by atoms with Crippen molar-refractivity contribution >= 4 is 33.5 Å². The van der Waals surface area contributed by atoms with Gasteiger partial charge in [-0.05, 0) is 101 Å². The van der Waals surface area contributed by atoms with Crippen LogP contribution < -0.4 is 10.9 Å². The predicted molar refractivity (Wildman–Crippen MR) is 204 cm³/mol. The molecule has 0 bridgehead atoms. The third-order valence-corrected chi connectivity index (χ3v) is 9.22. The Kier molecular flexibility index (Phi) is 13.4. The molecule has 0 spiro atoms. The largest absolute Gasteiger partial charge is 0.353 e. The molecule has 5 heterocycles. The molecule has 1 amide bonds. The fraction of sp³-hybridized carbons (Fsp3) is 0.450. The second-order valence-electron chi connectivity index (χ2n) is 13.3. The Bertz CT molecular complexity index is 2000. The first-order valence-electron chi connectivity index (χ1n) is 18.5. The molecule has 13 heteroatoms. The van der Waals surface area contributed by atoms with Crippen molar-refractivity contribution < 1.29 is 23.7 Å². The van der Waals surface area contributed by atoms with E-state index in [1.165, 1.54) is 0 Å². The van der Waals surface area contributed by atoms with Crippen LogP contribution in [0.25, 0.3) is 33.2 Å². The van der Waals surface area contributed by atoms with Gasteiger partial charge in [0.1, 0.15) is 11.7 Å². The lowest BCUT2D eigenvalue weighted by Crippen LogP contribution is -2.41. The number of carbonyl (C=O) groups is 1. The summed E-state index contributed by atoms with van der Waals surface area (Å²) >= 11 is 0. The van der Waals surface area contributed by atoms with E-state index in [4.69, 9.17) is 18.9 Å². The molecule has 2 saturated heterocycles. The highest BCUT2D eigenvalue weighted by molar-refractivity contribution is 5.99. The molecule has 0 unspecified atom stereocenters. The van der Waals surface area contributed by atoms with Crippen LogP contribution >= 0.6 is 0 Å². The second-order valence-corrected chi connectivity index (χ2v) is 13.3. The van der Waals surface area contributed by atoms with Crippen molar-refractivity contribution in [1.82, 2.24) is 35.6 Å². The molecule has 0 atom stereocenters. The maximum absolute atomic E-state index is 12.4. The number of hydrazine groups is 1. The summed E-state index contributed by atoms with van der Waals surface area (Å²) in [5, 5.41) is 10.8. The Morgan fingerprint density at radius 3 is 2.02 bits per heavy atom. The number of hydrogen-bond donors (Lipinski definition) is 2. The summed E-state index contributed by atoms with van der Waals surface area (Å²) < 4.78 is 24.3. The SMILES string of the molecule is CN=C(CCCC1OCCCO1)NNC(=O)c1ccc2nc(C)ccc2c1.Cc1ccc2cc(-c3nnc(CCCC4OCCCO4)n3C)ccc2n1. The lowest BCUT2D eigenvalue weighted by molar-refractivity contribution is -0.181. The first-order valence-corrected chi connectivity index (χ1v) is 18.5. The van der Waals surface area contributed by atoms with E-state index in [1.54, 1.807) is 13.1 Å². The lowest BCUT2D eigenvalue weighted by Gasteiger charge is -2.23. The number of ether oxygens (including phenoxy) is 4. The maximum atomic E-state index is 12.4. The molecule has 0 aliphatic carbocycles. The zero-order chi connectivity index (χ0) is 37.0. The quantitative estimate of drug-likeness (QED) is 0.0976. The summed E-state index contributed by atoms with van der Waals surface area (Å²) in [4.78, 5) is 25.6. The summed E-state index contributed by atoms with van der Waals surface area (Å²) in [6.07, 6.45) is 6.87. The van der Waals surface area contributed by atoms with E-state index in [2.05, 4.69) is 58.8 Å². The molecular weight excluding hydrogens is 672 g/mol. The van der Waals surface area contributed by atoms with Crippen LogP contribution in [0.15, 0.2) is 65.7 Å². The molecule has 0 saturated carbocycles. The highest BCUT2D eigenvalue weighted by Crippen LogP contribution is 2.24. The minimum atomic E-state index is -0.211. The number of rotatable bonds is 10. The Morgan fingerprint density at radius 2 is 1.38 bits per heavy atom. The Labute approximate surface area is 310 Å². The number of amidine groups is 1. The van der Waals surface area contributed by atoms with Gasteiger partial charge in [0.25, 0.3) is 5.91 Å². The van der Waals surface area contributed by atoms with Gasteiger partial charge < -0.3 is 23.5 Å². The molecule has 5 aromatic rings. The number of benzene rings is 2. The monoisotopic (exact) mass is 722 g/mol. The minimum Gasteiger partial charge on any atom is -0.353 e. The van der Waals surface area contributed by atoms with Gasteiger partial charge in [0.15, 0.2) is 18.4 Å². The number of carbonyl (C=O) groups excluding carboxylic acids is 1. The van der Waals surface area contributed by atoms with E-state index in [9.17, 15) is 4.79 Å². The average Bonchev–Trinajstić information content (AvgIpc) is 3.56. The number of hydrogen-bond acceptors (Lipinski definition) is 10. The molecule has 2 N–H and O–H groups in total. The third kappa shape index (κ3) is 10.6. The Hall–Kier alpha value is -4.82. The standard InChI is InChI=1S/C20H26N4O3.C20H24N4O2/c1-14-7-8-15-13-16(9-10-17(15)22-14)20(25)24-23-18(21-2)5-3-6-19-26-11-4-12-27-19;1-14-7-8-15-13-16(9-10-17(15)21-14)20-23-22-18(24(20)2)5-3-6-19-25-11-4-12-26-19/h7-10,13,19H,3-6,11-12H2,1-2H3,(H,21,23)(H,24,25);7-10,13,19H,3-6,11-12H2,1-2H3. The first-order chi connectivity index (χ1) is 25.9. The van der Waals surface area contributed by atoms with E-state index >= 15 is 0 Å². The fourth-order valence-corrected chi connectivity index (χ4v) is 6.27. The number of aryl methyl sites for hydroxylation is 3. The van der Waals surface area contributed by atoms with Crippen molar-refractivity contribution in [2.75, 3.05) is 33.5 Å². The molecule has 3 aromatic heterocycles. The number of nitrogens with zero attached hydrogens (tertiary/aromatic N) is 6. The van der Waals surface area contributed by atoms with E-state index in [-0.39, 0.29) is 18.5 Å². The molecule has 2 aliphatic heterocycles. The summed E-state index contributed by atoms with van der Waals surface area (Å²) in [6, 6.07) is 19.7. The van der Waals surface area contributed by atoms with Gasteiger partial charge in [0, 0.05) is 60.2 Å². The number of aliphatic imine (C=N–C) groups is 1. The zero-order valence-electron chi connectivity index (χ0n) is 31.1. The number of aromatic nitrogens is 5. The zero-order valence-corrected chi connectivity index (χ0v) is 31.1. The van der Waals surface area contributed by atoms with E-state index < -0.39 is 0 Å². The van der Waals surface area contributed by atoms with Crippen LogP contribution in [0.3, 0.4) is 0 Å². The van der Waals surface area contributed by atoms with Crippen LogP contribution in [0.1, 0.15) is 72.5 Å². The number of fused-ring (bicyclic) bond motifs is 2. The average molecular weight is 723 g/mol. The smallest absolute Gasteiger partial charge is 0.269 e. The van der Waals surface area contributed by atoms with Gasteiger partial charge >= 0.3 is 0 Å². The predicted octanol–water partition coefficient (Wildman–Crippen LogP) is 6.16. The van der Waals surface area contributed by atoms with Crippen molar-refractivity contribution in [2.45, 2.75) is 77.8 Å². The molecule has 0 radical (unpaired) electrons. The Morgan fingerprint density at radius 1 is 0.774 bits per heavy atom. The number of nitrogens with one attached hydrogen (secondary N) is 2. The Balaban J connectivity index is 0.000000181. The minimum absolute atomic E-state index is 0.0621. The molecule has 7 rings (SSSR count). The van der Waals surface area contributed by atoms with Crippen molar-refractivity contribution in [3.63, 3.8) is 0 Å². The van der Waals surface area contributed by atoms with Crippen LogP contribution in [0, 0.1) is 13.8 Å². The topological polar surface area (TPSA) is 147 Å². The lowest BCUT2D eigenvalue weighted by atomic mass is 10.1. The summed E-state index contributed by atoms with van der Waals surface area (Å²) in [5.41, 5.74) is 11.1. The van der Waals surface area contributed by atoms with Crippen LogP contribution in [-0.4, -0.2) is 82.5 Å². The van der Waals surface area contributed by atoms with Gasteiger partial charge in [-0.25, -0.2) is 0 Å². The molecule has 2 fully saturated rings. The fourth-order valence-electron chi connectivity index (χ4n) is 6.27. The van der Waals surface area contributed by atoms with Gasteiger partial charge in [-0.3, -0.25) is 30.6 Å². The van der Waals surface area contributed by atoms with Crippen LogP contribution in [0.5, 0.6) is 0 Å². The van der Waals surface area contributed by atoms with Crippen molar-refractivity contribution in [2.24, 2.45) is 12.0 Å². The van der Waals surface area contributed by atoms with Crippen LogP contribution in [0.4, 0.5) is 0 Å². The van der Waals surface area contributed by atoms with Gasteiger partial charge in [0.2, 0.25) is 0 Å². The van der Waals surface area contributed by atoms with Crippen molar-refractivity contribution in [3.05, 3.63) is 83.4 Å². The van der Waals surface area contributed by atoms with Crippen LogP contribution in [0.2, 0.25) is 0 Å². The molecular formula is C40H50N8O5. The number of amides is 1. The van der Waals surface area contributed by atoms with E-state index in [1.807, 2.05) is 57.3 Å². The number of pyridine rings is 2. The molecule has 53 heavy (non-hydrogen) atoms. The van der Waals surface area contributed by atoms with Gasteiger partial charge in [0.05, 0.1) is 37.5 Å². The summed E-state index contributed by atoms with van der Waals surface area (Å²) in [5.74, 6) is 2.38. The summed E-state index contributed by atoms with van der Waals surface area (Å²) in [7, 11) is 3.72. The third-order valence-electron chi connectivity index (χ3n) is 9.22. The second kappa shape index (κ2) is 18.8. The van der Waals surface area contributed by atoms with E-state index in [0.717, 1.165) is 128 Å². The van der Waals surface area contributed by atoms with Gasteiger partial charge in [-0.2, -0.15) is 0 Å². The first kappa shape index (κ1) is 37.9.